The van der Waals surface area contributed by atoms with Crippen LogP contribution < -0.4 is 20.3 Å². The van der Waals surface area contributed by atoms with Crippen molar-refractivity contribution < 1.29 is 10.2 Å². The zero-order valence-corrected chi connectivity index (χ0v) is 19.9. The highest BCUT2D eigenvalue weighted by Crippen LogP contribution is 2.77. The lowest BCUT2D eigenvalue weighted by atomic mass is 9.89. The van der Waals surface area contributed by atoms with E-state index in [1.165, 1.54) is 0 Å². The Morgan fingerprint density at radius 1 is 0.759 bits per heavy atom. The minimum atomic E-state index is -2.77. The maximum absolute atomic E-state index is 10.9. The predicted octanol–water partition coefficient (Wildman–Crippen LogP) is 2.08. The fourth-order valence-electron chi connectivity index (χ4n) is 4.46. The van der Waals surface area contributed by atoms with E-state index < -0.39 is 40.4 Å². The maximum Gasteiger partial charge on any atom is 0.220 e. The molecular weight excluding hydrogens is 431 g/mol. The van der Waals surface area contributed by atoms with Gasteiger partial charge < -0.3 is 10.2 Å². The van der Waals surface area contributed by atoms with Crippen molar-refractivity contribution in [2.24, 2.45) is 19.0 Å². The molecule has 0 radical (unpaired) electrons. The second kappa shape index (κ2) is 7.46. The lowest BCUT2D eigenvalue weighted by Gasteiger charge is -2.50. The lowest BCUT2D eigenvalue weighted by Crippen LogP contribution is -2.58. The molecule has 0 aromatic rings. The van der Waals surface area contributed by atoms with Crippen molar-refractivity contribution in [2.45, 2.75) is 52.0 Å². The molecule has 4 atom stereocenters. The van der Waals surface area contributed by atoms with E-state index in [1.54, 1.807) is 0 Å². The van der Waals surface area contributed by atoms with Crippen molar-refractivity contribution in [1.82, 2.24) is 29.7 Å². The largest absolute Gasteiger partial charge is 0.377 e. The summed E-state index contributed by atoms with van der Waals surface area (Å²) in [6.07, 6.45) is 2.60. The highest BCUT2D eigenvalue weighted by molar-refractivity contribution is 7.83. The van der Waals surface area contributed by atoms with Gasteiger partial charge in [0, 0.05) is 44.7 Å². The molecule has 0 aromatic heterocycles. The molecular formula is C15H34N9O2P3. The molecule has 6 N–H and O–H groups in total. The van der Waals surface area contributed by atoms with Gasteiger partial charge in [-0.2, -0.15) is 13.5 Å². The summed E-state index contributed by atoms with van der Waals surface area (Å²) in [5, 5.41) is 35.8. The number of aliphatic hydroxyl groups excluding tert-OH is 2. The van der Waals surface area contributed by atoms with Crippen LogP contribution in [0.3, 0.4) is 0 Å². The monoisotopic (exact) mass is 465 g/mol. The molecule has 0 saturated carbocycles. The van der Waals surface area contributed by atoms with Gasteiger partial charge in [0.2, 0.25) is 22.5 Å². The molecule has 3 saturated heterocycles. The summed E-state index contributed by atoms with van der Waals surface area (Å²) in [4.78, 5) is 0. The van der Waals surface area contributed by atoms with Gasteiger partial charge in [0.15, 0.2) is 0 Å². The second-order valence-corrected chi connectivity index (χ2v) is 16.9. The van der Waals surface area contributed by atoms with Crippen LogP contribution in [0, 0.1) is 5.41 Å². The summed E-state index contributed by atoms with van der Waals surface area (Å²) in [5.41, 5.74) is -0.741. The fraction of sp³-hybridized carbons (Fsp3) is 1.00. The summed E-state index contributed by atoms with van der Waals surface area (Å²) in [6.45, 7) is 9.34. The molecule has 5 rings (SSSR count). The van der Waals surface area contributed by atoms with E-state index >= 15 is 0 Å². The van der Waals surface area contributed by atoms with Gasteiger partial charge in [-0.15, -0.1) is 0 Å². The number of hydrogen-bond acceptors (Lipinski definition) is 11. The summed E-state index contributed by atoms with van der Waals surface area (Å²) < 4.78 is 20.9. The minimum absolute atomic E-state index is 0.741. The van der Waals surface area contributed by atoms with Crippen LogP contribution in [0.25, 0.3) is 0 Å². The molecule has 5 heterocycles. The molecule has 5 aliphatic rings. The van der Waals surface area contributed by atoms with Crippen molar-refractivity contribution in [3.05, 3.63) is 0 Å². The van der Waals surface area contributed by atoms with E-state index in [-0.39, 0.29) is 0 Å². The normalized spacial score (nSPS) is 48.0. The Balaban J connectivity index is 1.74. The molecule has 5 aliphatic heterocycles. The van der Waals surface area contributed by atoms with Crippen molar-refractivity contribution in [2.75, 3.05) is 39.3 Å². The Morgan fingerprint density at radius 2 is 1.24 bits per heavy atom. The van der Waals surface area contributed by atoms with Gasteiger partial charge >= 0.3 is 0 Å². The quantitative estimate of drug-likeness (QED) is 0.300. The van der Waals surface area contributed by atoms with Gasteiger partial charge in [0.1, 0.15) is 12.5 Å². The van der Waals surface area contributed by atoms with Crippen LogP contribution in [0.4, 0.5) is 0 Å². The molecule has 4 unspecified atom stereocenters. The summed E-state index contributed by atoms with van der Waals surface area (Å²) in [6, 6.07) is 0. The number of nitrogens with one attached hydrogen (secondary N) is 4. The van der Waals surface area contributed by atoms with Gasteiger partial charge in [-0.05, 0) is 25.7 Å². The van der Waals surface area contributed by atoms with Gasteiger partial charge in [-0.1, -0.05) is 13.8 Å². The Kier molecular flexibility index (Phi) is 5.46. The van der Waals surface area contributed by atoms with E-state index in [1.807, 2.05) is 13.8 Å². The first-order chi connectivity index (χ1) is 13.8. The minimum Gasteiger partial charge on any atom is -0.377 e. The molecule has 11 nitrogen and oxygen atoms in total. The molecule has 0 aromatic carbocycles. The third kappa shape index (κ3) is 3.47. The molecule has 3 fully saturated rings. The molecule has 166 valence electrons. The van der Waals surface area contributed by atoms with E-state index in [0.717, 1.165) is 65.0 Å². The van der Waals surface area contributed by atoms with Crippen LogP contribution >= 0.6 is 22.5 Å². The van der Waals surface area contributed by atoms with Crippen LogP contribution in [-0.2, 0) is 0 Å². The Bertz CT molecular complexity index is 807. The Morgan fingerprint density at radius 3 is 1.79 bits per heavy atom. The highest BCUT2D eigenvalue weighted by Gasteiger charge is 2.51. The summed E-state index contributed by atoms with van der Waals surface area (Å²) in [5.74, 6) is 0. The first kappa shape index (κ1) is 21.2. The molecule has 29 heavy (non-hydrogen) atoms. The average molecular weight is 465 g/mol. The van der Waals surface area contributed by atoms with Gasteiger partial charge in [-0.3, -0.25) is 10.2 Å². The Labute approximate surface area is 173 Å². The van der Waals surface area contributed by atoms with Crippen LogP contribution in [0.15, 0.2) is 13.5 Å². The third-order valence-corrected chi connectivity index (χ3v) is 17.4. The SMILES string of the molecule is CC1(C)C(O)NP2(=NP34=NP5(=N2)NCCCN5CCCCN3CCCN4)NC1O. The van der Waals surface area contributed by atoms with Crippen molar-refractivity contribution in [1.29, 1.82) is 0 Å². The van der Waals surface area contributed by atoms with Gasteiger partial charge in [0.25, 0.3) is 0 Å². The Hall–Kier alpha value is 0.370. The van der Waals surface area contributed by atoms with Crippen LogP contribution in [-0.4, -0.2) is 71.3 Å². The van der Waals surface area contributed by atoms with Crippen molar-refractivity contribution >= 4 is 22.5 Å². The van der Waals surface area contributed by atoms with Crippen molar-refractivity contribution in [3.63, 3.8) is 0 Å². The predicted molar refractivity (Wildman–Crippen MR) is 118 cm³/mol. The first-order valence-electron chi connectivity index (χ1n) is 10.6. The van der Waals surface area contributed by atoms with Crippen molar-refractivity contribution in [3.8, 4) is 0 Å². The molecule has 2 bridgehead atoms. The van der Waals surface area contributed by atoms with E-state index in [4.69, 9.17) is 13.5 Å². The fourth-order valence-corrected chi connectivity index (χ4v) is 18.2. The standard InChI is InChI=1S/C15H34N9O2P3/c1-15(2)13(25)18-27(19-14(15)26)20-28-16-7-5-11-23(28)9-3-4-10-24-12-6-8-17-29(24,21-27)22-28/h13-14,16-19,25-26H,3-12H2,1-2H3. The van der Waals surface area contributed by atoms with Gasteiger partial charge in [0.05, 0.1) is 0 Å². The zero-order valence-electron chi connectivity index (χ0n) is 17.2. The van der Waals surface area contributed by atoms with Crippen LogP contribution in [0.5, 0.6) is 0 Å². The number of aliphatic hydroxyl groups is 2. The summed E-state index contributed by atoms with van der Waals surface area (Å²) in [7, 11) is -7.54. The molecule has 3 spiro atoms. The van der Waals surface area contributed by atoms with E-state index in [0.29, 0.717) is 0 Å². The maximum atomic E-state index is 10.9. The van der Waals surface area contributed by atoms with E-state index in [9.17, 15) is 10.2 Å². The van der Waals surface area contributed by atoms with Crippen LogP contribution in [0.1, 0.15) is 39.5 Å². The first-order valence-corrected chi connectivity index (χ1v) is 15.6. The molecule has 0 aliphatic carbocycles. The lowest BCUT2D eigenvalue weighted by molar-refractivity contribution is -0.0673. The number of rotatable bonds is 0. The smallest absolute Gasteiger partial charge is 0.220 e. The highest BCUT2D eigenvalue weighted by atomic mass is 31.3. The number of hydrogen-bond donors (Lipinski definition) is 6. The average Bonchev–Trinajstić information content (AvgIpc) is 2.70. The molecule has 0 amide bonds. The zero-order chi connectivity index (χ0) is 20.3. The van der Waals surface area contributed by atoms with Gasteiger partial charge in [-0.25, -0.2) is 19.5 Å². The summed E-state index contributed by atoms with van der Waals surface area (Å²) >= 11 is 0. The third-order valence-electron chi connectivity index (χ3n) is 6.48. The second-order valence-electron chi connectivity index (χ2n) is 9.03. The molecule has 14 heteroatoms. The number of nitrogens with zero attached hydrogens (tertiary/aromatic N) is 5. The topological polar surface area (TPSA) is 132 Å². The van der Waals surface area contributed by atoms with E-state index in [2.05, 4.69) is 29.7 Å². The van der Waals surface area contributed by atoms with Crippen LogP contribution in [0.2, 0.25) is 0 Å².